The zero-order chi connectivity index (χ0) is 26.5. The molecule has 0 amide bonds. The van der Waals surface area contributed by atoms with Crippen LogP contribution in [0.15, 0.2) is 53.3 Å². The van der Waals surface area contributed by atoms with Gasteiger partial charge in [-0.15, -0.1) is 5.10 Å². The summed E-state index contributed by atoms with van der Waals surface area (Å²) in [5, 5.41) is 14.3. The first-order chi connectivity index (χ1) is 18.6. The van der Waals surface area contributed by atoms with Crippen LogP contribution >= 0.6 is 11.6 Å². The van der Waals surface area contributed by atoms with Crippen LogP contribution in [0.5, 0.6) is 5.75 Å². The summed E-state index contributed by atoms with van der Waals surface area (Å²) in [6.07, 6.45) is 2.90. The zero-order valence-corrected chi connectivity index (χ0v) is 22.5. The van der Waals surface area contributed by atoms with E-state index in [9.17, 15) is 4.79 Å². The van der Waals surface area contributed by atoms with Gasteiger partial charge in [-0.1, -0.05) is 36.7 Å². The maximum absolute atomic E-state index is 13.2. The van der Waals surface area contributed by atoms with E-state index in [1.165, 1.54) is 0 Å². The van der Waals surface area contributed by atoms with Crippen molar-refractivity contribution in [1.29, 1.82) is 0 Å². The van der Waals surface area contributed by atoms with E-state index >= 15 is 0 Å². The molecule has 1 fully saturated rings. The zero-order valence-electron chi connectivity index (χ0n) is 21.8. The van der Waals surface area contributed by atoms with Crippen molar-refractivity contribution in [3.8, 4) is 5.75 Å². The highest BCUT2D eigenvalue weighted by Crippen LogP contribution is 2.29. The van der Waals surface area contributed by atoms with Crippen LogP contribution in [-0.4, -0.2) is 49.4 Å². The lowest BCUT2D eigenvalue weighted by atomic mass is 10.1. The van der Waals surface area contributed by atoms with E-state index in [1.54, 1.807) is 0 Å². The molecular weight excluding hydrogens is 504 g/mol. The predicted octanol–water partition coefficient (Wildman–Crippen LogP) is 4.90. The average Bonchev–Trinajstić information content (AvgIpc) is 3.59. The van der Waals surface area contributed by atoms with Gasteiger partial charge in [-0.05, 0) is 72.5 Å². The molecule has 200 valence electrons. The van der Waals surface area contributed by atoms with Crippen LogP contribution in [0.2, 0.25) is 5.02 Å². The predicted molar refractivity (Wildman–Crippen MR) is 146 cm³/mol. The second-order valence-electron chi connectivity index (χ2n) is 9.58. The first-order valence-corrected chi connectivity index (χ1v) is 13.6. The lowest BCUT2D eigenvalue weighted by Gasteiger charge is -2.30. The molecule has 0 bridgehead atoms. The maximum atomic E-state index is 13.2. The minimum absolute atomic E-state index is 0.106. The van der Waals surface area contributed by atoms with Gasteiger partial charge in [0.2, 0.25) is 0 Å². The fraction of sp³-hybridized carbons (Fsp3) is 0.429. The molecule has 1 saturated heterocycles. The molecule has 0 spiro atoms. The Morgan fingerprint density at radius 1 is 1.18 bits per heavy atom. The Bertz CT molecular complexity index is 1430. The summed E-state index contributed by atoms with van der Waals surface area (Å²) in [6, 6.07) is 15.3. The van der Waals surface area contributed by atoms with E-state index in [0.29, 0.717) is 36.8 Å². The number of aromatic amines is 1. The smallest absolute Gasteiger partial charge is 0.252 e. The second-order valence-corrected chi connectivity index (χ2v) is 9.99. The minimum Gasteiger partial charge on any atom is -0.494 e. The van der Waals surface area contributed by atoms with Crippen molar-refractivity contribution in [2.75, 3.05) is 13.2 Å². The third-order valence-electron chi connectivity index (χ3n) is 6.99. The molecule has 5 rings (SSSR count). The summed E-state index contributed by atoms with van der Waals surface area (Å²) in [5.74, 6) is 1.52. The number of fused-ring (bicyclic) bond motifs is 1. The first-order valence-electron chi connectivity index (χ1n) is 13.2. The van der Waals surface area contributed by atoms with Crippen molar-refractivity contribution >= 4 is 22.5 Å². The number of nitrogens with zero attached hydrogens (tertiary/aromatic N) is 5. The maximum Gasteiger partial charge on any atom is 0.252 e. The molecule has 2 aromatic carbocycles. The van der Waals surface area contributed by atoms with E-state index < -0.39 is 0 Å². The monoisotopic (exact) mass is 536 g/mol. The topological polar surface area (TPSA) is 98.2 Å². The van der Waals surface area contributed by atoms with Crippen molar-refractivity contribution in [3.05, 3.63) is 80.9 Å². The van der Waals surface area contributed by atoms with Crippen LogP contribution in [0, 0.1) is 0 Å². The number of hydrogen-bond acceptors (Lipinski definition) is 7. The van der Waals surface area contributed by atoms with Gasteiger partial charge in [-0.25, -0.2) is 4.68 Å². The molecule has 38 heavy (non-hydrogen) atoms. The Labute approximate surface area is 226 Å². The van der Waals surface area contributed by atoms with Crippen LogP contribution in [0.1, 0.15) is 56.1 Å². The van der Waals surface area contributed by atoms with Gasteiger partial charge in [-0.2, -0.15) is 0 Å². The highest BCUT2D eigenvalue weighted by molar-refractivity contribution is 6.31. The summed E-state index contributed by atoms with van der Waals surface area (Å²) < 4.78 is 13.4. The molecule has 0 radical (unpaired) electrons. The molecule has 9 nitrogen and oxygen atoms in total. The molecule has 1 aliphatic rings. The largest absolute Gasteiger partial charge is 0.494 e. The number of ether oxygens (including phenoxy) is 2. The summed E-state index contributed by atoms with van der Waals surface area (Å²) >= 11 is 6.57. The highest BCUT2D eigenvalue weighted by atomic mass is 35.5. The molecule has 2 aromatic heterocycles. The van der Waals surface area contributed by atoms with Crippen LogP contribution in [-0.2, 0) is 24.4 Å². The van der Waals surface area contributed by atoms with Crippen molar-refractivity contribution in [1.82, 2.24) is 30.1 Å². The standard InChI is InChI=1S/C28H33ClN6O3/c1-3-26(27-31-32-33-35(27)18-23-9-7-13-38-23)34(16-19-8-5-6-10-24(19)29)17-21-14-20-15-22(37-4-2)11-12-25(20)30-28(21)36/h5-6,8,10-12,14-15,23,26H,3-4,7,9,13,16-18H2,1-2H3,(H,30,36)/t23-,26-/m1/s1. The highest BCUT2D eigenvalue weighted by Gasteiger charge is 2.28. The number of rotatable bonds is 11. The van der Waals surface area contributed by atoms with E-state index in [0.717, 1.165) is 53.9 Å². The second kappa shape index (κ2) is 12.1. The van der Waals surface area contributed by atoms with Crippen molar-refractivity contribution in [3.63, 3.8) is 0 Å². The van der Waals surface area contributed by atoms with E-state index in [1.807, 2.05) is 60.1 Å². The molecular formula is C28H33ClN6O3. The van der Waals surface area contributed by atoms with E-state index in [-0.39, 0.29) is 17.7 Å². The molecule has 2 atom stereocenters. The van der Waals surface area contributed by atoms with Crippen molar-refractivity contribution < 1.29 is 9.47 Å². The normalized spacial score (nSPS) is 16.4. The fourth-order valence-electron chi connectivity index (χ4n) is 5.11. The summed E-state index contributed by atoms with van der Waals surface area (Å²) in [7, 11) is 0. The van der Waals surface area contributed by atoms with E-state index in [2.05, 4.69) is 32.3 Å². The number of tetrazole rings is 1. The number of pyridine rings is 1. The van der Waals surface area contributed by atoms with Crippen LogP contribution < -0.4 is 10.3 Å². The van der Waals surface area contributed by atoms with Crippen molar-refractivity contribution in [2.45, 2.75) is 64.9 Å². The summed E-state index contributed by atoms with van der Waals surface area (Å²) in [4.78, 5) is 18.4. The Hall–Kier alpha value is -3.27. The molecule has 0 saturated carbocycles. The number of halogens is 1. The van der Waals surface area contributed by atoms with Gasteiger partial charge in [-0.3, -0.25) is 9.69 Å². The molecule has 1 N–H and O–H groups in total. The summed E-state index contributed by atoms with van der Waals surface area (Å²) in [6.45, 7) is 6.93. The van der Waals surface area contributed by atoms with Gasteiger partial charge >= 0.3 is 0 Å². The molecule has 4 aromatic rings. The van der Waals surface area contributed by atoms with Gasteiger partial charge in [0.25, 0.3) is 5.56 Å². The number of hydrogen-bond donors (Lipinski definition) is 1. The molecule has 3 heterocycles. The summed E-state index contributed by atoms with van der Waals surface area (Å²) in [5.41, 5.74) is 2.27. The van der Waals surface area contributed by atoms with Crippen LogP contribution in [0.4, 0.5) is 0 Å². The minimum atomic E-state index is -0.146. The SMILES string of the molecule is CCOc1ccc2[nH]c(=O)c(CN(Cc3ccccc3Cl)[C@H](CC)c3nnnn3C[C@H]3CCCO3)cc2c1. The average molecular weight is 537 g/mol. The molecule has 1 aliphatic heterocycles. The Morgan fingerprint density at radius 2 is 2.03 bits per heavy atom. The Balaban J connectivity index is 1.51. The van der Waals surface area contributed by atoms with Gasteiger partial charge in [0.15, 0.2) is 5.82 Å². The Morgan fingerprint density at radius 3 is 2.79 bits per heavy atom. The molecule has 0 unspecified atom stereocenters. The Kier molecular flexibility index (Phi) is 8.36. The third-order valence-corrected chi connectivity index (χ3v) is 7.36. The van der Waals surface area contributed by atoms with Gasteiger partial charge in [0.05, 0.1) is 25.3 Å². The number of nitrogens with one attached hydrogen (secondary N) is 1. The van der Waals surface area contributed by atoms with Crippen molar-refractivity contribution in [2.24, 2.45) is 0 Å². The lowest BCUT2D eigenvalue weighted by Crippen LogP contribution is -2.33. The fourth-order valence-corrected chi connectivity index (χ4v) is 5.31. The number of aromatic nitrogens is 5. The molecule has 10 heteroatoms. The quantitative estimate of drug-likeness (QED) is 0.291. The van der Waals surface area contributed by atoms with Gasteiger partial charge in [0.1, 0.15) is 5.75 Å². The third kappa shape index (κ3) is 5.90. The van der Waals surface area contributed by atoms with Crippen LogP contribution in [0.3, 0.4) is 0 Å². The first kappa shape index (κ1) is 26.3. The van der Waals surface area contributed by atoms with E-state index in [4.69, 9.17) is 21.1 Å². The lowest BCUT2D eigenvalue weighted by molar-refractivity contribution is 0.0888. The molecule has 0 aliphatic carbocycles. The van der Waals surface area contributed by atoms with Gasteiger partial charge < -0.3 is 14.5 Å². The number of H-pyrrole nitrogens is 1. The van der Waals surface area contributed by atoms with Crippen LogP contribution in [0.25, 0.3) is 10.9 Å². The van der Waals surface area contributed by atoms with Gasteiger partial charge in [0, 0.05) is 41.2 Å². The number of benzene rings is 2.